The van der Waals surface area contributed by atoms with Gasteiger partial charge >= 0.3 is 5.97 Å². The smallest absolute Gasteiger partial charge is 0.310 e. The molecule has 0 aromatic carbocycles. The molecule has 6 heteroatoms. The molecule has 1 aliphatic carbocycles. The summed E-state index contributed by atoms with van der Waals surface area (Å²) in [5.41, 5.74) is 1.85. The summed E-state index contributed by atoms with van der Waals surface area (Å²) >= 11 is 0. The molecule has 1 aliphatic rings. The van der Waals surface area contributed by atoms with Crippen LogP contribution in [0.5, 0.6) is 0 Å². The minimum absolute atomic E-state index is 0.1000. The van der Waals surface area contributed by atoms with Crippen molar-refractivity contribution >= 4 is 11.9 Å². The lowest BCUT2D eigenvalue weighted by atomic mass is 9.94. The van der Waals surface area contributed by atoms with Crippen LogP contribution in [0.3, 0.4) is 0 Å². The number of rotatable bonds is 4. The molecule has 0 saturated heterocycles. The average molecular weight is 321 g/mol. The van der Waals surface area contributed by atoms with E-state index >= 15 is 0 Å². The fraction of sp³-hybridized carbons (Fsp3) is 0.706. The monoisotopic (exact) mass is 321 g/mol. The maximum atomic E-state index is 12.6. The molecule has 1 heterocycles. The summed E-state index contributed by atoms with van der Waals surface area (Å²) in [4.78, 5) is 24.6. The predicted molar refractivity (Wildman–Crippen MR) is 86.9 cm³/mol. The maximum Gasteiger partial charge on any atom is 0.310 e. The normalized spacial score (nSPS) is 23.0. The summed E-state index contributed by atoms with van der Waals surface area (Å²) in [6, 6.07) is 1.40. The molecule has 1 saturated carbocycles. The first-order valence-electron chi connectivity index (χ1n) is 8.35. The minimum Gasteiger partial charge on any atom is -0.469 e. The summed E-state index contributed by atoms with van der Waals surface area (Å²) in [6.45, 7) is 5.68. The quantitative estimate of drug-likeness (QED) is 0.682. The van der Waals surface area contributed by atoms with Gasteiger partial charge < -0.3 is 10.1 Å². The Morgan fingerprint density at radius 1 is 1.30 bits per heavy atom. The van der Waals surface area contributed by atoms with Crippen molar-refractivity contribution in [2.75, 3.05) is 7.11 Å². The van der Waals surface area contributed by atoms with Gasteiger partial charge in [-0.1, -0.05) is 19.3 Å². The van der Waals surface area contributed by atoms with Crippen LogP contribution < -0.4 is 5.32 Å². The highest BCUT2D eigenvalue weighted by atomic mass is 16.5. The van der Waals surface area contributed by atoms with Gasteiger partial charge in [-0.2, -0.15) is 5.10 Å². The van der Waals surface area contributed by atoms with Gasteiger partial charge in [0.15, 0.2) is 0 Å². The van der Waals surface area contributed by atoms with Crippen molar-refractivity contribution in [2.45, 2.75) is 65.0 Å². The van der Waals surface area contributed by atoms with E-state index in [0.29, 0.717) is 0 Å². The second-order valence-corrected chi connectivity index (χ2v) is 6.43. The number of carbonyl (C=O) groups is 2. The van der Waals surface area contributed by atoms with Crippen LogP contribution in [0.4, 0.5) is 0 Å². The van der Waals surface area contributed by atoms with E-state index in [1.165, 1.54) is 7.11 Å². The first-order valence-corrected chi connectivity index (χ1v) is 8.35. The van der Waals surface area contributed by atoms with Crippen molar-refractivity contribution in [1.82, 2.24) is 15.1 Å². The molecule has 1 fully saturated rings. The van der Waals surface area contributed by atoms with Gasteiger partial charge in [0.05, 0.1) is 18.7 Å². The van der Waals surface area contributed by atoms with Crippen LogP contribution in [0.1, 0.15) is 56.5 Å². The van der Waals surface area contributed by atoms with Crippen LogP contribution in [0, 0.1) is 19.8 Å². The van der Waals surface area contributed by atoms with E-state index in [9.17, 15) is 9.59 Å². The van der Waals surface area contributed by atoms with Gasteiger partial charge in [-0.15, -0.1) is 0 Å². The summed E-state index contributed by atoms with van der Waals surface area (Å²) in [5.74, 6) is -0.577. The lowest BCUT2D eigenvalue weighted by molar-refractivity contribution is -0.147. The zero-order valence-corrected chi connectivity index (χ0v) is 14.5. The predicted octanol–water partition coefficient (Wildman–Crippen LogP) is 2.30. The topological polar surface area (TPSA) is 73.2 Å². The number of hydrogen-bond acceptors (Lipinski definition) is 4. The summed E-state index contributed by atoms with van der Waals surface area (Å²) in [7, 11) is 1.41. The molecule has 0 aliphatic heterocycles. The Hall–Kier alpha value is -1.85. The lowest BCUT2D eigenvalue weighted by Crippen LogP contribution is -2.45. The van der Waals surface area contributed by atoms with Gasteiger partial charge in [-0.25, -0.2) is 0 Å². The highest BCUT2D eigenvalue weighted by Crippen LogP contribution is 2.25. The third-order valence-electron chi connectivity index (χ3n) is 4.64. The number of aromatic nitrogens is 2. The van der Waals surface area contributed by atoms with E-state index in [4.69, 9.17) is 4.74 Å². The second-order valence-electron chi connectivity index (χ2n) is 6.43. The first kappa shape index (κ1) is 17.5. The molecule has 1 aromatic heterocycles. The van der Waals surface area contributed by atoms with E-state index in [1.54, 1.807) is 4.68 Å². The number of nitrogens with one attached hydrogen (secondary N) is 1. The Morgan fingerprint density at radius 3 is 2.61 bits per heavy atom. The zero-order chi connectivity index (χ0) is 17.0. The number of ether oxygens (including phenoxy) is 1. The fourth-order valence-corrected chi connectivity index (χ4v) is 3.37. The van der Waals surface area contributed by atoms with E-state index in [1.807, 2.05) is 26.8 Å². The fourth-order valence-electron chi connectivity index (χ4n) is 3.37. The van der Waals surface area contributed by atoms with Gasteiger partial charge in [0.1, 0.15) is 6.04 Å². The van der Waals surface area contributed by atoms with Gasteiger partial charge in [-0.3, -0.25) is 14.3 Å². The third-order valence-corrected chi connectivity index (χ3v) is 4.64. The van der Waals surface area contributed by atoms with E-state index in [0.717, 1.165) is 43.5 Å². The van der Waals surface area contributed by atoms with E-state index in [2.05, 4.69) is 10.4 Å². The molecular formula is C17H27N3O3. The molecule has 2 rings (SSSR count). The average Bonchev–Trinajstić information content (AvgIpc) is 2.73. The second kappa shape index (κ2) is 7.62. The molecule has 128 valence electrons. The molecule has 23 heavy (non-hydrogen) atoms. The number of nitrogens with zero attached hydrogens (tertiary/aromatic N) is 2. The molecule has 3 atom stereocenters. The van der Waals surface area contributed by atoms with Gasteiger partial charge in [-0.05, 0) is 39.7 Å². The van der Waals surface area contributed by atoms with Gasteiger partial charge in [0.2, 0.25) is 5.91 Å². The molecule has 1 aromatic rings. The zero-order valence-electron chi connectivity index (χ0n) is 14.5. The first-order chi connectivity index (χ1) is 10.9. The van der Waals surface area contributed by atoms with Crippen molar-refractivity contribution in [3.05, 3.63) is 17.5 Å². The molecule has 0 bridgehead atoms. The van der Waals surface area contributed by atoms with Gasteiger partial charge in [0, 0.05) is 11.7 Å². The van der Waals surface area contributed by atoms with E-state index in [-0.39, 0.29) is 23.8 Å². The number of amides is 1. The van der Waals surface area contributed by atoms with Gasteiger partial charge in [0.25, 0.3) is 0 Å². The number of aryl methyl sites for hydroxylation is 2. The van der Waals surface area contributed by atoms with Crippen LogP contribution in [-0.2, 0) is 14.3 Å². The molecule has 0 radical (unpaired) electrons. The van der Waals surface area contributed by atoms with Crippen LogP contribution in [0.2, 0.25) is 0 Å². The number of hydrogen-bond donors (Lipinski definition) is 1. The third kappa shape index (κ3) is 4.12. The minimum atomic E-state index is -0.398. The van der Waals surface area contributed by atoms with Crippen molar-refractivity contribution in [2.24, 2.45) is 5.92 Å². The summed E-state index contributed by atoms with van der Waals surface area (Å²) in [6.07, 6.45) is 4.69. The van der Waals surface area contributed by atoms with Crippen LogP contribution in [0.25, 0.3) is 0 Å². The lowest BCUT2D eigenvalue weighted by Gasteiger charge is -2.26. The Morgan fingerprint density at radius 2 is 2.00 bits per heavy atom. The van der Waals surface area contributed by atoms with Crippen LogP contribution in [0.15, 0.2) is 6.07 Å². The molecule has 1 N–H and O–H groups in total. The molecular weight excluding hydrogens is 294 g/mol. The number of carbonyl (C=O) groups excluding carboxylic acids is 2. The molecule has 0 unspecified atom stereocenters. The largest absolute Gasteiger partial charge is 0.469 e. The Bertz CT molecular complexity index is 567. The molecule has 0 spiro atoms. The number of methoxy groups -OCH3 is 1. The van der Waals surface area contributed by atoms with Crippen molar-refractivity contribution < 1.29 is 14.3 Å². The standard InChI is InChI=1S/C17H27N3O3/c1-11-10-12(2)20(19-11)13(3)16(21)18-15-9-7-5-6-8-14(15)17(22)23-4/h10,13-15H,5-9H2,1-4H3,(H,18,21)/t13-,14-,15+/m0/s1. The summed E-state index contributed by atoms with van der Waals surface area (Å²) in [5, 5.41) is 7.44. The molecule has 6 nitrogen and oxygen atoms in total. The van der Waals surface area contributed by atoms with Crippen LogP contribution in [-0.4, -0.2) is 34.8 Å². The van der Waals surface area contributed by atoms with E-state index < -0.39 is 6.04 Å². The summed E-state index contributed by atoms with van der Waals surface area (Å²) < 4.78 is 6.65. The highest BCUT2D eigenvalue weighted by molar-refractivity contribution is 5.81. The SMILES string of the molecule is COC(=O)[C@H]1CCCCC[C@H]1NC(=O)[C@H](C)n1nc(C)cc1C. The van der Waals surface area contributed by atoms with Crippen molar-refractivity contribution in [1.29, 1.82) is 0 Å². The van der Waals surface area contributed by atoms with Crippen molar-refractivity contribution in [3.63, 3.8) is 0 Å². The Balaban J connectivity index is 2.09. The Labute approximate surface area is 137 Å². The molecule has 1 amide bonds. The van der Waals surface area contributed by atoms with Crippen LogP contribution >= 0.6 is 0 Å². The maximum absolute atomic E-state index is 12.6. The highest BCUT2D eigenvalue weighted by Gasteiger charge is 2.32. The Kier molecular flexibility index (Phi) is 5.80. The van der Waals surface area contributed by atoms with Crippen molar-refractivity contribution in [3.8, 4) is 0 Å². The number of esters is 1.